The zero-order valence-corrected chi connectivity index (χ0v) is 11.1. The summed E-state index contributed by atoms with van der Waals surface area (Å²) in [5, 5.41) is 8.53. The molecule has 106 valence electrons. The van der Waals surface area contributed by atoms with Crippen molar-refractivity contribution in [2.24, 2.45) is 5.73 Å². The van der Waals surface area contributed by atoms with Gasteiger partial charge in [0.2, 0.25) is 0 Å². The molecule has 0 aromatic heterocycles. The number of carboxylic acid groups (broad SMARTS) is 1. The fourth-order valence-corrected chi connectivity index (χ4v) is 1.66. The van der Waals surface area contributed by atoms with Gasteiger partial charge in [-0.2, -0.15) is 0 Å². The number of rotatable bonds is 8. The highest BCUT2D eigenvalue weighted by Gasteiger charge is 2.11. The smallest absolute Gasteiger partial charge is 0.303 e. The summed E-state index contributed by atoms with van der Waals surface area (Å²) in [6.07, 6.45) is 0.522. The van der Waals surface area contributed by atoms with Crippen LogP contribution < -0.4 is 19.9 Å². The SMILES string of the molecule is COc1cc(OCCCC(=O)O)cc(OC)c1CN. The van der Waals surface area contributed by atoms with Gasteiger partial charge in [0.15, 0.2) is 0 Å². The molecule has 0 aliphatic carbocycles. The normalized spacial score (nSPS) is 10.1. The second-order valence-electron chi connectivity index (χ2n) is 3.86. The van der Waals surface area contributed by atoms with Gasteiger partial charge in [0, 0.05) is 30.7 Å². The second kappa shape index (κ2) is 7.48. The Balaban J connectivity index is 2.76. The fraction of sp³-hybridized carbons (Fsp3) is 0.462. The van der Waals surface area contributed by atoms with Gasteiger partial charge in [-0.15, -0.1) is 0 Å². The Hall–Kier alpha value is -1.95. The van der Waals surface area contributed by atoms with Gasteiger partial charge in [-0.25, -0.2) is 0 Å². The van der Waals surface area contributed by atoms with Crippen molar-refractivity contribution in [3.63, 3.8) is 0 Å². The minimum Gasteiger partial charge on any atom is -0.496 e. The topological polar surface area (TPSA) is 91.0 Å². The van der Waals surface area contributed by atoms with Gasteiger partial charge < -0.3 is 25.1 Å². The van der Waals surface area contributed by atoms with Gasteiger partial charge in [-0.3, -0.25) is 4.79 Å². The molecule has 19 heavy (non-hydrogen) atoms. The van der Waals surface area contributed by atoms with Gasteiger partial charge in [0.05, 0.1) is 20.8 Å². The number of carbonyl (C=O) groups is 1. The van der Waals surface area contributed by atoms with E-state index in [0.717, 1.165) is 5.56 Å². The zero-order valence-electron chi connectivity index (χ0n) is 11.1. The molecule has 0 spiro atoms. The van der Waals surface area contributed by atoms with Crippen LogP contribution in [0.15, 0.2) is 12.1 Å². The third-order valence-corrected chi connectivity index (χ3v) is 2.59. The zero-order chi connectivity index (χ0) is 14.3. The van der Waals surface area contributed by atoms with E-state index in [1.807, 2.05) is 0 Å². The van der Waals surface area contributed by atoms with Crippen molar-refractivity contribution < 1.29 is 24.1 Å². The van der Waals surface area contributed by atoms with Gasteiger partial charge >= 0.3 is 5.97 Å². The molecule has 0 saturated carbocycles. The second-order valence-corrected chi connectivity index (χ2v) is 3.86. The van der Waals surface area contributed by atoms with E-state index < -0.39 is 5.97 Å². The van der Waals surface area contributed by atoms with Crippen LogP contribution in [-0.2, 0) is 11.3 Å². The summed E-state index contributed by atoms with van der Waals surface area (Å²) in [4.78, 5) is 10.4. The number of carboxylic acids is 1. The van der Waals surface area contributed by atoms with Crippen LogP contribution in [0.4, 0.5) is 0 Å². The van der Waals surface area contributed by atoms with Crippen LogP contribution in [0.3, 0.4) is 0 Å². The largest absolute Gasteiger partial charge is 0.496 e. The summed E-state index contributed by atoms with van der Waals surface area (Å²) in [6, 6.07) is 3.43. The highest BCUT2D eigenvalue weighted by molar-refractivity contribution is 5.66. The van der Waals surface area contributed by atoms with Crippen LogP contribution in [0, 0.1) is 0 Å². The first-order chi connectivity index (χ1) is 9.12. The summed E-state index contributed by atoms with van der Waals surface area (Å²) in [6.45, 7) is 0.617. The Kier molecular flexibility index (Phi) is 5.95. The van der Waals surface area contributed by atoms with Gasteiger partial charge in [0.1, 0.15) is 17.2 Å². The third-order valence-electron chi connectivity index (χ3n) is 2.59. The van der Waals surface area contributed by atoms with Crippen LogP contribution in [-0.4, -0.2) is 31.9 Å². The molecular weight excluding hydrogens is 250 g/mol. The predicted octanol–water partition coefficient (Wildman–Crippen LogP) is 1.41. The van der Waals surface area contributed by atoms with E-state index >= 15 is 0 Å². The molecule has 0 unspecified atom stereocenters. The average Bonchev–Trinajstić information content (AvgIpc) is 2.42. The van der Waals surface area contributed by atoms with Gasteiger partial charge in [0.25, 0.3) is 0 Å². The summed E-state index contributed by atoms with van der Waals surface area (Å²) < 4.78 is 15.9. The molecule has 0 amide bonds. The monoisotopic (exact) mass is 269 g/mol. The molecule has 3 N–H and O–H groups in total. The Labute approximate surface area is 112 Å². The molecule has 0 heterocycles. The van der Waals surface area contributed by atoms with Crippen molar-refractivity contribution in [3.8, 4) is 17.2 Å². The van der Waals surface area contributed by atoms with E-state index in [2.05, 4.69) is 0 Å². The van der Waals surface area contributed by atoms with Crippen LogP contribution in [0.5, 0.6) is 17.2 Å². The molecule has 0 radical (unpaired) electrons. The third kappa shape index (κ3) is 4.33. The van der Waals surface area contributed by atoms with Gasteiger partial charge in [-0.05, 0) is 6.42 Å². The standard InChI is InChI=1S/C13H19NO5/c1-17-11-6-9(19-5-3-4-13(15)16)7-12(18-2)10(11)8-14/h6-7H,3-5,8,14H2,1-2H3,(H,15,16). The minimum atomic E-state index is -0.836. The first kappa shape index (κ1) is 15.1. The lowest BCUT2D eigenvalue weighted by Gasteiger charge is -2.14. The lowest BCUT2D eigenvalue weighted by molar-refractivity contribution is -0.137. The molecule has 0 fully saturated rings. The lowest BCUT2D eigenvalue weighted by Crippen LogP contribution is -2.05. The number of nitrogens with two attached hydrogens (primary N) is 1. The number of aliphatic carboxylic acids is 1. The number of methoxy groups -OCH3 is 2. The van der Waals surface area contributed by atoms with Crippen molar-refractivity contribution >= 4 is 5.97 Å². The maximum absolute atomic E-state index is 10.4. The van der Waals surface area contributed by atoms with E-state index in [0.29, 0.717) is 36.8 Å². The molecule has 0 saturated heterocycles. The highest BCUT2D eigenvalue weighted by atomic mass is 16.5. The average molecular weight is 269 g/mol. The van der Waals surface area contributed by atoms with Crippen LogP contribution in [0.2, 0.25) is 0 Å². The molecule has 0 bridgehead atoms. The summed E-state index contributed by atoms with van der Waals surface area (Å²) in [5.41, 5.74) is 6.41. The van der Waals surface area contributed by atoms with Crippen molar-refractivity contribution in [2.75, 3.05) is 20.8 Å². The molecular formula is C13H19NO5. The molecule has 0 aliphatic rings. The molecule has 6 heteroatoms. The maximum atomic E-state index is 10.4. The lowest BCUT2D eigenvalue weighted by atomic mass is 10.1. The van der Waals surface area contributed by atoms with E-state index in [1.165, 1.54) is 0 Å². The van der Waals surface area contributed by atoms with Crippen molar-refractivity contribution in [1.82, 2.24) is 0 Å². The van der Waals surface area contributed by atoms with Crippen molar-refractivity contribution in [3.05, 3.63) is 17.7 Å². The Morgan fingerprint density at radius 3 is 2.26 bits per heavy atom. The fourth-order valence-electron chi connectivity index (χ4n) is 1.66. The summed E-state index contributed by atoms with van der Waals surface area (Å²) in [5.74, 6) is 0.915. The van der Waals surface area contributed by atoms with Crippen molar-refractivity contribution in [1.29, 1.82) is 0 Å². The molecule has 1 aromatic rings. The predicted molar refractivity (Wildman–Crippen MR) is 69.8 cm³/mol. The van der Waals surface area contributed by atoms with E-state index in [9.17, 15) is 4.79 Å². The first-order valence-electron chi connectivity index (χ1n) is 5.92. The summed E-state index contributed by atoms with van der Waals surface area (Å²) in [7, 11) is 3.09. The maximum Gasteiger partial charge on any atom is 0.303 e. The van der Waals surface area contributed by atoms with Crippen LogP contribution >= 0.6 is 0 Å². The Morgan fingerprint density at radius 1 is 1.26 bits per heavy atom. The van der Waals surface area contributed by atoms with Crippen LogP contribution in [0.25, 0.3) is 0 Å². The number of hydrogen-bond donors (Lipinski definition) is 2. The Morgan fingerprint density at radius 2 is 1.84 bits per heavy atom. The first-order valence-corrected chi connectivity index (χ1v) is 5.92. The van der Waals surface area contributed by atoms with E-state index in [-0.39, 0.29) is 6.42 Å². The van der Waals surface area contributed by atoms with Gasteiger partial charge in [-0.1, -0.05) is 0 Å². The Bertz CT molecular complexity index is 408. The number of hydrogen-bond acceptors (Lipinski definition) is 5. The molecule has 6 nitrogen and oxygen atoms in total. The van der Waals surface area contributed by atoms with Crippen LogP contribution in [0.1, 0.15) is 18.4 Å². The molecule has 0 aliphatic heterocycles. The molecule has 0 atom stereocenters. The number of ether oxygens (including phenoxy) is 3. The van der Waals surface area contributed by atoms with E-state index in [1.54, 1.807) is 26.4 Å². The summed E-state index contributed by atoms with van der Waals surface area (Å²) >= 11 is 0. The molecule has 1 aromatic carbocycles. The number of benzene rings is 1. The van der Waals surface area contributed by atoms with Crippen molar-refractivity contribution in [2.45, 2.75) is 19.4 Å². The molecule has 1 rings (SSSR count). The quantitative estimate of drug-likeness (QED) is 0.693. The minimum absolute atomic E-state index is 0.0785. The highest BCUT2D eigenvalue weighted by Crippen LogP contribution is 2.33. The van der Waals surface area contributed by atoms with E-state index in [4.69, 9.17) is 25.1 Å².